The first-order valence-corrected chi connectivity index (χ1v) is 12.5. The van der Waals surface area contributed by atoms with Gasteiger partial charge in [0.1, 0.15) is 0 Å². The first-order valence-electron chi connectivity index (χ1n) is 12.1. The summed E-state index contributed by atoms with van der Waals surface area (Å²) in [4.78, 5) is 35.1. The van der Waals surface area contributed by atoms with Crippen LogP contribution in [-0.4, -0.2) is 59.3 Å². The normalized spacial score (nSPS) is 14.4. The van der Waals surface area contributed by atoms with Crippen LogP contribution in [0.25, 0.3) is 22.2 Å². The van der Waals surface area contributed by atoms with Crippen LogP contribution in [0.1, 0.15) is 16.8 Å². The molecule has 7 heteroatoms. The number of pyridine rings is 1. The van der Waals surface area contributed by atoms with E-state index in [1.165, 1.54) is 0 Å². The van der Waals surface area contributed by atoms with Crippen molar-refractivity contribution in [1.29, 1.82) is 0 Å². The number of nitrogens with zero attached hydrogens (tertiary/aromatic N) is 3. The Morgan fingerprint density at radius 3 is 2.44 bits per heavy atom. The van der Waals surface area contributed by atoms with Crippen molar-refractivity contribution in [3.8, 4) is 11.3 Å². The Morgan fingerprint density at radius 2 is 1.61 bits per heavy atom. The first kappa shape index (κ1) is 24.0. The highest BCUT2D eigenvalue weighted by Gasteiger charge is 2.24. The van der Waals surface area contributed by atoms with E-state index in [-0.39, 0.29) is 18.4 Å². The number of anilines is 1. The second-order valence-electron chi connectivity index (χ2n) is 8.89. The van der Waals surface area contributed by atoms with Crippen molar-refractivity contribution in [3.05, 3.63) is 95.5 Å². The van der Waals surface area contributed by atoms with E-state index in [1.807, 2.05) is 77.7 Å². The number of hydrogen-bond donors (Lipinski definition) is 1. The van der Waals surface area contributed by atoms with Crippen molar-refractivity contribution in [2.24, 2.45) is 0 Å². The van der Waals surface area contributed by atoms with Gasteiger partial charge in [0.15, 0.2) is 0 Å². The highest BCUT2D eigenvalue weighted by molar-refractivity contribution is 6.33. The van der Waals surface area contributed by atoms with Crippen molar-refractivity contribution in [3.63, 3.8) is 0 Å². The number of halogens is 1. The molecule has 1 saturated heterocycles. The predicted octanol–water partition coefficient (Wildman–Crippen LogP) is 5.34. The van der Waals surface area contributed by atoms with Crippen LogP contribution in [0.5, 0.6) is 0 Å². The lowest BCUT2D eigenvalue weighted by Gasteiger charge is -2.23. The molecule has 6 nitrogen and oxygen atoms in total. The minimum absolute atomic E-state index is 0.00634. The van der Waals surface area contributed by atoms with Crippen LogP contribution in [0, 0.1) is 0 Å². The molecule has 0 atom stereocenters. The van der Waals surface area contributed by atoms with Gasteiger partial charge < -0.3 is 10.2 Å². The molecule has 1 N–H and O–H groups in total. The number of aromatic nitrogens is 1. The second-order valence-corrected chi connectivity index (χ2v) is 9.30. The number of nitrogens with one attached hydrogen (secondary N) is 1. The zero-order valence-corrected chi connectivity index (χ0v) is 20.6. The summed E-state index contributed by atoms with van der Waals surface area (Å²) in [6.45, 7) is 2.81. The van der Waals surface area contributed by atoms with Gasteiger partial charge in [-0.05, 0) is 30.7 Å². The van der Waals surface area contributed by atoms with E-state index in [2.05, 4.69) is 10.2 Å². The molecule has 36 heavy (non-hydrogen) atoms. The molecule has 0 unspecified atom stereocenters. The molecule has 0 aliphatic carbocycles. The Labute approximate surface area is 215 Å². The van der Waals surface area contributed by atoms with E-state index in [4.69, 9.17) is 16.6 Å². The third kappa shape index (κ3) is 5.40. The molecule has 2 amide bonds. The molecule has 4 aromatic rings. The first-order chi connectivity index (χ1) is 17.6. The van der Waals surface area contributed by atoms with Crippen LogP contribution in [0.3, 0.4) is 0 Å². The van der Waals surface area contributed by atoms with E-state index in [0.717, 1.165) is 35.1 Å². The van der Waals surface area contributed by atoms with Crippen LogP contribution in [0.2, 0.25) is 5.02 Å². The van der Waals surface area contributed by atoms with Gasteiger partial charge in [0.05, 0.1) is 34.0 Å². The molecule has 182 valence electrons. The summed E-state index contributed by atoms with van der Waals surface area (Å²) in [5, 5.41) is 4.24. The summed E-state index contributed by atoms with van der Waals surface area (Å²) < 4.78 is 0. The molecule has 0 saturated carbocycles. The topological polar surface area (TPSA) is 65.5 Å². The summed E-state index contributed by atoms with van der Waals surface area (Å²) in [7, 11) is 0. The average Bonchev–Trinajstić information content (AvgIpc) is 3.15. The quantitative estimate of drug-likeness (QED) is 0.403. The fraction of sp³-hybridized carbons (Fsp3) is 0.207. The maximum atomic E-state index is 13.7. The maximum absolute atomic E-state index is 13.7. The van der Waals surface area contributed by atoms with Crippen LogP contribution in [-0.2, 0) is 4.79 Å². The summed E-state index contributed by atoms with van der Waals surface area (Å²) in [5.41, 5.74) is 3.82. The van der Waals surface area contributed by atoms with Gasteiger partial charge in [-0.2, -0.15) is 0 Å². The number of benzene rings is 3. The number of carbonyl (C=O) groups is 2. The smallest absolute Gasteiger partial charge is 0.254 e. The molecular weight excluding hydrogens is 472 g/mol. The monoisotopic (exact) mass is 498 g/mol. The van der Waals surface area contributed by atoms with Crippen LogP contribution in [0.15, 0.2) is 84.9 Å². The average molecular weight is 499 g/mol. The van der Waals surface area contributed by atoms with Gasteiger partial charge >= 0.3 is 0 Å². The molecule has 1 fully saturated rings. The number of para-hydroxylation sites is 2. The molecule has 0 spiro atoms. The zero-order valence-electron chi connectivity index (χ0n) is 19.9. The Kier molecular flexibility index (Phi) is 7.26. The van der Waals surface area contributed by atoms with Gasteiger partial charge in [-0.15, -0.1) is 0 Å². The second kappa shape index (κ2) is 10.9. The van der Waals surface area contributed by atoms with Crippen molar-refractivity contribution in [1.82, 2.24) is 14.8 Å². The van der Waals surface area contributed by atoms with Crippen LogP contribution in [0.4, 0.5) is 5.69 Å². The Morgan fingerprint density at radius 1 is 0.861 bits per heavy atom. The standard InChI is InChI=1S/C29H27ClN4O2/c30-24-12-5-7-14-26(24)32-28(35)20-33-15-8-16-34(18-17-33)29(36)23-19-27(21-9-2-1-3-10-21)31-25-13-6-4-11-22(23)25/h1-7,9-14,19H,8,15-18,20H2,(H,32,35). The molecule has 0 radical (unpaired) electrons. The third-order valence-corrected chi connectivity index (χ3v) is 6.74. The lowest BCUT2D eigenvalue weighted by Crippen LogP contribution is -2.38. The summed E-state index contributed by atoms with van der Waals surface area (Å²) in [6.07, 6.45) is 0.791. The Hall–Kier alpha value is -3.74. The molecule has 0 bridgehead atoms. The maximum Gasteiger partial charge on any atom is 0.254 e. The van der Waals surface area contributed by atoms with E-state index in [9.17, 15) is 9.59 Å². The minimum Gasteiger partial charge on any atom is -0.337 e. The van der Waals surface area contributed by atoms with Crippen molar-refractivity contribution >= 4 is 40.0 Å². The van der Waals surface area contributed by atoms with Crippen molar-refractivity contribution in [2.45, 2.75) is 6.42 Å². The van der Waals surface area contributed by atoms with Gasteiger partial charge in [-0.25, -0.2) is 4.98 Å². The van der Waals surface area contributed by atoms with Gasteiger partial charge in [0, 0.05) is 37.1 Å². The minimum atomic E-state index is -0.115. The predicted molar refractivity (Wildman–Crippen MR) is 144 cm³/mol. The van der Waals surface area contributed by atoms with E-state index >= 15 is 0 Å². The van der Waals surface area contributed by atoms with Gasteiger partial charge in [0.2, 0.25) is 5.91 Å². The van der Waals surface area contributed by atoms with Crippen LogP contribution >= 0.6 is 11.6 Å². The summed E-state index contributed by atoms with van der Waals surface area (Å²) >= 11 is 6.16. The van der Waals surface area contributed by atoms with Crippen molar-refractivity contribution in [2.75, 3.05) is 38.0 Å². The Balaban J connectivity index is 1.31. The summed E-state index contributed by atoms with van der Waals surface area (Å²) in [5.74, 6) is -0.122. The molecule has 3 aromatic carbocycles. The lowest BCUT2D eigenvalue weighted by atomic mass is 10.0. The molecular formula is C29H27ClN4O2. The third-order valence-electron chi connectivity index (χ3n) is 6.41. The Bertz CT molecular complexity index is 1390. The molecule has 5 rings (SSSR count). The fourth-order valence-electron chi connectivity index (χ4n) is 4.57. The molecule has 1 aromatic heterocycles. The summed E-state index contributed by atoms with van der Waals surface area (Å²) in [6, 6.07) is 26.8. The molecule has 1 aliphatic rings. The lowest BCUT2D eigenvalue weighted by molar-refractivity contribution is -0.117. The largest absolute Gasteiger partial charge is 0.337 e. The number of carbonyl (C=O) groups excluding carboxylic acids is 2. The van der Waals surface area contributed by atoms with Gasteiger partial charge in [0.25, 0.3) is 5.91 Å². The van der Waals surface area contributed by atoms with Crippen LogP contribution < -0.4 is 5.32 Å². The number of hydrogen-bond acceptors (Lipinski definition) is 4. The number of fused-ring (bicyclic) bond motifs is 1. The van der Waals surface area contributed by atoms with Crippen molar-refractivity contribution < 1.29 is 9.59 Å². The zero-order chi connectivity index (χ0) is 24.9. The van der Waals surface area contributed by atoms with E-state index < -0.39 is 0 Å². The van der Waals surface area contributed by atoms with E-state index in [0.29, 0.717) is 35.9 Å². The molecule has 2 heterocycles. The van der Waals surface area contributed by atoms with Gasteiger partial charge in [-0.1, -0.05) is 72.3 Å². The van der Waals surface area contributed by atoms with Gasteiger partial charge in [-0.3, -0.25) is 14.5 Å². The SMILES string of the molecule is O=C(CN1CCCN(C(=O)c2cc(-c3ccccc3)nc3ccccc23)CC1)Nc1ccccc1Cl. The fourth-order valence-corrected chi connectivity index (χ4v) is 4.75. The highest BCUT2D eigenvalue weighted by atomic mass is 35.5. The number of amides is 2. The number of rotatable bonds is 5. The molecule has 1 aliphatic heterocycles. The van der Waals surface area contributed by atoms with E-state index in [1.54, 1.807) is 12.1 Å². The highest BCUT2D eigenvalue weighted by Crippen LogP contribution is 2.26.